The van der Waals surface area contributed by atoms with Gasteiger partial charge in [0.1, 0.15) is 0 Å². The van der Waals surface area contributed by atoms with Crippen LogP contribution in [0.3, 0.4) is 0 Å². The molecule has 0 bridgehead atoms. The minimum Gasteiger partial charge on any atom is -0.0619 e. The fraction of sp³-hybridized carbons (Fsp3) is 0.143. The Morgan fingerprint density at radius 3 is 2.53 bits per heavy atom. The first-order valence-corrected chi connectivity index (χ1v) is 5.96. The first kappa shape index (κ1) is 9.17. The third-order valence-corrected chi connectivity index (χ3v) is 3.89. The Morgan fingerprint density at radius 2 is 1.67 bits per heavy atom. The molecule has 1 heteroatoms. The molecule has 0 amide bonds. The molecule has 0 spiro atoms. The van der Waals surface area contributed by atoms with Crippen LogP contribution in [0.5, 0.6) is 0 Å². The van der Waals surface area contributed by atoms with E-state index in [2.05, 4.69) is 65.3 Å². The number of hydrogen-bond acceptors (Lipinski definition) is 0. The molecule has 0 aliphatic heterocycles. The molecule has 0 heterocycles. The van der Waals surface area contributed by atoms with Crippen LogP contribution in [0.4, 0.5) is 0 Å². The lowest BCUT2D eigenvalue weighted by Gasteiger charge is -2.07. The van der Waals surface area contributed by atoms with E-state index in [-0.39, 0.29) is 0 Å². The molecule has 2 aromatic rings. The molecule has 3 rings (SSSR count). The molecule has 0 aromatic heterocycles. The van der Waals surface area contributed by atoms with Crippen LogP contribution in [0.25, 0.3) is 11.1 Å². The Bertz CT molecular complexity index is 529. The molecule has 2 aromatic carbocycles. The van der Waals surface area contributed by atoms with Gasteiger partial charge in [0.2, 0.25) is 0 Å². The van der Waals surface area contributed by atoms with E-state index in [0.29, 0.717) is 5.92 Å². The largest absolute Gasteiger partial charge is 0.0619 e. The number of benzene rings is 2. The Balaban J connectivity index is 2.37. The summed E-state index contributed by atoms with van der Waals surface area (Å²) in [5.74, 6) is 0.506. The fourth-order valence-corrected chi connectivity index (χ4v) is 3.20. The zero-order chi connectivity index (χ0) is 10.4. The number of halogens is 1. The van der Waals surface area contributed by atoms with E-state index in [1.807, 2.05) is 0 Å². The van der Waals surface area contributed by atoms with Crippen LogP contribution in [-0.2, 0) is 0 Å². The predicted octanol–water partition coefficient (Wildman–Crippen LogP) is 4.58. The van der Waals surface area contributed by atoms with Crippen LogP contribution in [0.2, 0.25) is 0 Å². The van der Waals surface area contributed by atoms with E-state index < -0.39 is 0 Å². The zero-order valence-electron chi connectivity index (χ0n) is 8.50. The second kappa shape index (κ2) is 3.21. The molecule has 0 saturated heterocycles. The topological polar surface area (TPSA) is 0 Å². The van der Waals surface area contributed by atoms with Crippen LogP contribution < -0.4 is 0 Å². The van der Waals surface area contributed by atoms with Gasteiger partial charge in [-0.1, -0.05) is 59.3 Å². The SMILES string of the molecule is CC1c2ccccc2-c2cccc(Br)c21. The van der Waals surface area contributed by atoms with Crippen molar-refractivity contribution in [2.45, 2.75) is 12.8 Å². The number of fused-ring (bicyclic) bond motifs is 3. The van der Waals surface area contributed by atoms with Crippen LogP contribution in [-0.4, -0.2) is 0 Å². The highest BCUT2D eigenvalue weighted by Crippen LogP contribution is 2.47. The van der Waals surface area contributed by atoms with Gasteiger partial charge in [-0.15, -0.1) is 0 Å². The highest BCUT2D eigenvalue weighted by atomic mass is 79.9. The van der Waals surface area contributed by atoms with E-state index in [0.717, 1.165) is 0 Å². The normalized spacial score (nSPS) is 17.3. The maximum absolute atomic E-state index is 3.65. The van der Waals surface area contributed by atoms with Crippen LogP contribution in [0, 0.1) is 0 Å². The summed E-state index contributed by atoms with van der Waals surface area (Å²) in [5.41, 5.74) is 5.65. The highest BCUT2D eigenvalue weighted by Gasteiger charge is 2.26. The molecular weight excluding hydrogens is 248 g/mol. The molecular formula is C14H11Br. The van der Waals surface area contributed by atoms with Crippen molar-refractivity contribution in [2.75, 3.05) is 0 Å². The van der Waals surface area contributed by atoms with Crippen molar-refractivity contribution in [3.63, 3.8) is 0 Å². The van der Waals surface area contributed by atoms with Gasteiger partial charge < -0.3 is 0 Å². The van der Waals surface area contributed by atoms with E-state index in [4.69, 9.17) is 0 Å². The third kappa shape index (κ3) is 1.19. The minimum absolute atomic E-state index is 0.506. The summed E-state index contributed by atoms with van der Waals surface area (Å²) < 4.78 is 1.23. The Hall–Kier alpha value is -1.08. The Kier molecular flexibility index (Phi) is 1.96. The molecule has 0 fully saturated rings. The summed E-state index contributed by atoms with van der Waals surface area (Å²) in [6.07, 6.45) is 0. The lowest BCUT2D eigenvalue weighted by Crippen LogP contribution is -1.90. The van der Waals surface area contributed by atoms with Crippen molar-refractivity contribution in [1.29, 1.82) is 0 Å². The van der Waals surface area contributed by atoms with Gasteiger partial charge in [-0.2, -0.15) is 0 Å². The maximum Gasteiger partial charge on any atom is 0.0219 e. The molecule has 1 atom stereocenters. The summed E-state index contributed by atoms with van der Waals surface area (Å²) in [5, 5.41) is 0. The average Bonchev–Trinajstić information content (AvgIpc) is 2.55. The smallest absolute Gasteiger partial charge is 0.0219 e. The third-order valence-electron chi connectivity index (χ3n) is 3.20. The number of hydrogen-bond donors (Lipinski definition) is 0. The molecule has 0 saturated carbocycles. The first-order chi connectivity index (χ1) is 7.29. The summed E-state index contributed by atoms with van der Waals surface area (Å²) in [7, 11) is 0. The quantitative estimate of drug-likeness (QED) is 0.649. The number of rotatable bonds is 0. The van der Waals surface area contributed by atoms with E-state index in [9.17, 15) is 0 Å². The predicted molar refractivity (Wildman–Crippen MR) is 67.1 cm³/mol. The maximum atomic E-state index is 3.65. The summed E-state index contributed by atoms with van der Waals surface area (Å²) in [4.78, 5) is 0. The molecule has 74 valence electrons. The lowest BCUT2D eigenvalue weighted by molar-refractivity contribution is 0.950. The average molecular weight is 259 g/mol. The van der Waals surface area contributed by atoms with Gasteiger partial charge in [0, 0.05) is 10.4 Å². The van der Waals surface area contributed by atoms with E-state index >= 15 is 0 Å². The van der Waals surface area contributed by atoms with Crippen molar-refractivity contribution >= 4 is 15.9 Å². The second-order valence-electron chi connectivity index (χ2n) is 4.01. The van der Waals surface area contributed by atoms with Gasteiger partial charge >= 0.3 is 0 Å². The summed E-state index contributed by atoms with van der Waals surface area (Å²) in [6.45, 7) is 2.27. The van der Waals surface area contributed by atoms with Crippen molar-refractivity contribution in [2.24, 2.45) is 0 Å². The van der Waals surface area contributed by atoms with Gasteiger partial charge in [0.25, 0.3) is 0 Å². The van der Waals surface area contributed by atoms with Crippen LogP contribution >= 0.6 is 15.9 Å². The minimum atomic E-state index is 0.506. The summed E-state index contributed by atoms with van der Waals surface area (Å²) >= 11 is 3.65. The monoisotopic (exact) mass is 258 g/mol. The lowest BCUT2D eigenvalue weighted by atomic mass is 10.00. The van der Waals surface area contributed by atoms with Gasteiger partial charge in [-0.3, -0.25) is 0 Å². The molecule has 15 heavy (non-hydrogen) atoms. The fourth-order valence-electron chi connectivity index (χ4n) is 2.49. The Morgan fingerprint density at radius 1 is 0.933 bits per heavy atom. The molecule has 1 aliphatic rings. The molecule has 0 nitrogen and oxygen atoms in total. The zero-order valence-corrected chi connectivity index (χ0v) is 10.1. The molecule has 0 radical (unpaired) electrons. The van der Waals surface area contributed by atoms with Crippen LogP contribution in [0.15, 0.2) is 46.9 Å². The molecule has 0 N–H and O–H groups in total. The Labute approximate surface area is 98.1 Å². The van der Waals surface area contributed by atoms with E-state index in [1.165, 1.54) is 26.7 Å². The van der Waals surface area contributed by atoms with Crippen molar-refractivity contribution in [3.8, 4) is 11.1 Å². The molecule has 1 unspecified atom stereocenters. The second-order valence-corrected chi connectivity index (χ2v) is 4.86. The van der Waals surface area contributed by atoms with Gasteiger partial charge in [0.15, 0.2) is 0 Å². The van der Waals surface area contributed by atoms with Gasteiger partial charge in [0.05, 0.1) is 0 Å². The van der Waals surface area contributed by atoms with Crippen LogP contribution in [0.1, 0.15) is 24.0 Å². The first-order valence-electron chi connectivity index (χ1n) is 5.17. The van der Waals surface area contributed by atoms with Crippen molar-refractivity contribution < 1.29 is 0 Å². The standard InChI is InChI=1S/C14H11Br/c1-9-10-5-2-3-6-11(10)12-7-4-8-13(15)14(9)12/h2-9H,1H3. The highest BCUT2D eigenvalue weighted by molar-refractivity contribution is 9.10. The van der Waals surface area contributed by atoms with Crippen molar-refractivity contribution in [3.05, 3.63) is 58.1 Å². The molecule has 1 aliphatic carbocycles. The summed E-state index contributed by atoms with van der Waals surface area (Å²) in [6, 6.07) is 15.1. The van der Waals surface area contributed by atoms with Gasteiger partial charge in [-0.25, -0.2) is 0 Å². The van der Waals surface area contributed by atoms with Gasteiger partial charge in [-0.05, 0) is 28.3 Å². The van der Waals surface area contributed by atoms with Crippen molar-refractivity contribution in [1.82, 2.24) is 0 Å². The van der Waals surface area contributed by atoms with E-state index in [1.54, 1.807) is 0 Å².